The number of halogens is 3. The number of rotatable bonds is 1. The Morgan fingerprint density at radius 3 is 2.29 bits per heavy atom. The molecule has 14 heavy (non-hydrogen) atoms. The summed E-state index contributed by atoms with van der Waals surface area (Å²) >= 11 is 0. The van der Waals surface area contributed by atoms with Gasteiger partial charge in [0.15, 0.2) is 0 Å². The van der Waals surface area contributed by atoms with Crippen LogP contribution >= 0.6 is 0 Å². The number of benzene rings is 1. The lowest BCUT2D eigenvalue weighted by Gasteiger charge is -2.12. The second-order valence-corrected chi connectivity index (χ2v) is 2.55. The molecule has 0 bridgehead atoms. The first-order valence-corrected chi connectivity index (χ1v) is 3.43. The second-order valence-electron chi connectivity index (χ2n) is 2.55. The van der Waals surface area contributed by atoms with E-state index in [1.54, 1.807) is 0 Å². The van der Waals surface area contributed by atoms with E-state index in [1.165, 1.54) is 0 Å². The maximum Gasteiger partial charge on any atom is 0.416 e. The van der Waals surface area contributed by atoms with Crippen LogP contribution in [0.15, 0.2) is 18.2 Å². The third kappa shape index (κ3) is 2.15. The summed E-state index contributed by atoms with van der Waals surface area (Å²) in [6.45, 7) is 0. The number of carboxylic acid groups (broad SMARTS) is 1. The summed E-state index contributed by atoms with van der Waals surface area (Å²) in [6.07, 6.45) is -4.70. The zero-order chi connectivity index (χ0) is 10.9. The summed E-state index contributed by atoms with van der Waals surface area (Å²) < 4.78 is 36.2. The van der Waals surface area contributed by atoms with Crippen LogP contribution in [0.2, 0.25) is 0 Å². The van der Waals surface area contributed by atoms with Crippen molar-refractivity contribution in [3.8, 4) is 5.75 Å². The Labute approximate surface area is 76.4 Å². The maximum atomic E-state index is 12.1. The molecule has 1 aromatic carbocycles. The Bertz CT molecular complexity index is 371. The smallest absolute Gasteiger partial charge is 0.416 e. The minimum absolute atomic E-state index is 0.354. The van der Waals surface area contributed by atoms with Crippen molar-refractivity contribution in [1.29, 1.82) is 0 Å². The summed E-state index contributed by atoms with van der Waals surface area (Å²) in [4.78, 5) is 10.3. The van der Waals surface area contributed by atoms with Gasteiger partial charge in [-0.25, -0.2) is 4.79 Å². The molecule has 0 aliphatic heterocycles. The van der Waals surface area contributed by atoms with E-state index in [-0.39, 0.29) is 0 Å². The lowest BCUT2D eigenvalue weighted by molar-refractivity contribution is -0.269. The predicted molar refractivity (Wildman–Crippen MR) is 37.8 cm³/mol. The van der Waals surface area contributed by atoms with Crippen LogP contribution in [0.3, 0.4) is 0 Å². The fraction of sp³-hybridized carbons (Fsp3) is 0.125. The molecule has 0 aliphatic rings. The van der Waals surface area contributed by atoms with Gasteiger partial charge < -0.3 is 10.2 Å². The Kier molecular flexibility index (Phi) is 2.37. The van der Waals surface area contributed by atoms with Crippen LogP contribution in [0.5, 0.6) is 5.75 Å². The van der Waals surface area contributed by atoms with Crippen LogP contribution in [0.1, 0.15) is 15.9 Å². The van der Waals surface area contributed by atoms with Crippen LogP contribution < -0.4 is 5.11 Å². The van der Waals surface area contributed by atoms with Crippen LogP contribution in [0.25, 0.3) is 0 Å². The molecular formula is C8H4F3O3-. The van der Waals surface area contributed by atoms with Crippen LogP contribution in [0, 0.1) is 0 Å². The van der Waals surface area contributed by atoms with Crippen molar-refractivity contribution in [1.82, 2.24) is 0 Å². The van der Waals surface area contributed by atoms with Gasteiger partial charge in [0.2, 0.25) is 0 Å². The number of hydrogen-bond donors (Lipinski definition) is 1. The van der Waals surface area contributed by atoms with Crippen molar-refractivity contribution in [2.75, 3.05) is 0 Å². The van der Waals surface area contributed by atoms with Crippen molar-refractivity contribution in [2.45, 2.75) is 6.18 Å². The van der Waals surface area contributed by atoms with E-state index in [2.05, 4.69) is 0 Å². The van der Waals surface area contributed by atoms with E-state index in [1.807, 2.05) is 0 Å². The first-order valence-electron chi connectivity index (χ1n) is 3.43. The molecule has 0 unspecified atom stereocenters. The quantitative estimate of drug-likeness (QED) is 0.755. The van der Waals surface area contributed by atoms with E-state index < -0.39 is 29.0 Å². The number of hydrogen-bond acceptors (Lipinski definition) is 2. The van der Waals surface area contributed by atoms with Gasteiger partial charge >= 0.3 is 12.1 Å². The molecule has 0 fully saturated rings. The Balaban J connectivity index is 3.28. The van der Waals surface area contributed by atoms with Gasteiger partial charge in [-0.1, -0.05) is 12.1 Å². The van der Waals surface area contributed by atoms with Crippen molar-refractivity contribution in [2.24, 2.45) is 0 Å². The van der Waals surface area contributed by atoms with Gasteiger partial charge in [-0.2, -0.15) is 13.2 Å². The molecule has 0 atom stereocenters. The molecule has 0 aromatic heterocycles. The van der Waals surface area contributed by atoms with Gasteiger partial charge in [-0.3, -0.25) is 0 Å². The molecule has 6 heteroatoms. The molecule has 1 N–H and O–H groups in total. The van der Waals surface area contributed by atoms with E-state index >= 15 is 0 Å². The normalized spacial score (nSPS) is 11.4. The van der Waals surface area contributed by atoms with E-state index in [0.29, 0.717) is 18.2 Å². The average Bonchev–Trinajstić information content (AvgIpc) is 2.01. The summed E-state index contributed by atoms with van der Waals surface area (Å²) in [5.74, 6) is -2.54. The summed E-state index contributed by atoms with van der Waals surface area (Å²) in [6, 6.07) is 1.41. The highest BCUT2D eigenvalue weighted by atomic mass is 19.4. The van der Waals surface area contributed by atoms with E-state index in [0.717, 1.165) is 0 Å². The standard InChI is InChI=1S/C8H5F3O3/c9-8(10,11)5-1-4(7(13)14)2-6(12)3-5/h1-3,12H,(H,13,14)/p-1. The van der Waals surface area contributed by atoms with Gasteiger partial charge in [0.25, 0.3) is 0 Å². The second kappa shape index (κ2) is 3.21. The van der Waals surface area contributed by atoms with Crippen molar-refractivity contribution in [3.63, 3.8) is 0 Å². The average molecular weight is 205 g/mol. The van der Waals surface area contributed by atoms with Crippen LogP contribution in [-0.4, -0.2) is 11.1 Å². The number of aromatic carboxylic acids is 1. The zero-order valence-electron chi connectivity index (χ0n) is 6.63. The predicted octanol–water partition coefficient (Wildman–Crippen LogP) is 1.48. The minimum Gasteiger partial charge on any atom is -0.872 e. The zero-order valence-corrected chi connectivity index (χ0v) is 6.63. The lowest BCUT2D eigenvalue weighted by atomic mass is 10.1. The number of carboxylic acids is 1. The topological polar surface area (TPSA) is 60.4 Å². The Hall–Kier alpha value is -1.72. The molecule has 0 amide bonds. The molecule has 1 aromatic rings. The van der Waals surface area contributed by atoms with Gasteiger partial charge in [-0.15, -0.1) is 5.75 Å². The SMILES string of the molecule is O=C(O)c1cc([O-])cc(C(F)(F)F)c1. The third-order valence-electron chi connectivity index (χ3n) is 1.48. The van der Waals surface area contributed by atoms with Crippen LogP contribution in [-0.2, 0) is 6.18 Å². The Morgan fingerprint density at radius 2 is 1.86 bits per heavy atom. The third-order valence-corrected chi connectivity index (χ3v) is 1.48. The molecule has 0 spiro atoms. The number of alkyl halides is 3. The molecular weight excluding hydrogens is 201 g/mol. The van der Waals surface area contributed by atoms with Crippen molar-refractivity contribution in [3.05, 3.63) is 29.3 Å². The fourth-order valence-corrected chi connectivity index (χ4v) is 0.886. The first kappa shape index (κ1) is 10.4. The number of carbonyl (C=O) groups is 1. The lowest BCUT2D eigenvalue weighted by Crippen LogP contribution is -2.09. The molecule has 0 saturated heterocycles. The molecule has 0 aliphatic carbocycles. The van der Waals surface area contributed by atoms with E-state index in [9.17, 15) is 23.1 Å². The summed E-state index contributed by atoms with van der Waals surface area (Å²) in [5, 5.41) is 19.1. The molecule has 3 nitrogen and oxygen atoms in total. The minimum atomic E-state index is -4.70. The summed E-state index contributed by atoms with van der Waals surface area (Å²) in [7, 11) is 0. The Morgan fingerprint density at radius 1 is 1.29 bits per heavy atom. The van der Waals surface area contributed by atoms with Crippen LogP contribution in [0.4, 0.5) is 13.2 Å². The molecule has 76 valence electrons. The van der Waals surface area contributed by atoms with E-state index in [4.69, 9.17) is 5.11 Å². The fourth-order valence-electron chi connectivity index (χ4n) is 0.886. The summed E-state index contributed by atoms with van der Waals surface area (Å²) in [5.41, 5.74) is -1.91. The van der Waals surface area contributed by atoms with Gasteiger partial charge in [0.05, 0.1) is 11.1 Å². The monoisotopic (exact) mass is 205 g/mol. The molecule has 0 radical (unpaired) electrons. The highest BCUT2D eigenvalue weighted by Gasteiger charge is 2.31. The van der Waals surface area contributed by atoms with Crippen molar-refractivity contribution >= 4 is 5.97 Å². The highest BCUT2D eigenvalue weighted by molar-refractivity contribution is 5.88. The molecule has 1 rings (SSSR count). The van der Waals surface area contributed by atoms with Crippen molar-refractivity contribution < 1.29 is 28.2 Å². The van der Waals surface area contributed by atoms with Gasteiger partial charge in [0, 0.05) is 0 Å². The molecule has 0 saturated carbocycles. The first-order chi connectivity index (χ1) is 6.30. The van der Waals surface area contributed by atoms with Gasteiger partial charge in [-0.05, 0) is 6.07 Å². The maximum absolute atomic E-state index is 12.1. The molecule has 0 heterocycles. The van der Waals surface area contributed by atoms with Gasteiger partial charge in [0.1, 0.15) is 0 Å². The largest absolute Gasteiger partial charge is 0.872 e. The highest BCUT2D eigenvalue weighted by Crippen LogP contribution is 2.31.